The maximum atomic E-state index is 5.58. The molecule has 0 amide bonds. The fourth-order valence-corrected chi connectivity index (χ4v) is 2.48. The van der Waals surface area contributed by atoms with Crippen LogP contribution >= 0.6 is 11.3 Å². The molecule has 0 spiro atoms. The van der Waals surface area contributed by atoms with Crippen LogP contribution in [0.25, 0.3) is 0 Å². The zero-order valence-corrected chi connectivity index (χ0v) is 11.3. The lowest BCUT2D eigenvalue weighted by Gasteiger charge is -2.10. The van der Waals surface area contributed by atoms with Gasteiger partial charge in [0.05, 0.1) is 11.0 Å². The first-order valence-corrected chi connectivity index (χ1v) is 6.74. The smallest absolute Gasteiger partial charge is 0.120 e. The van der Waals surface area contributed by atoms with E-state index < -0.39 is 0 Å². The Bertz CT molecular complexity index is 475. The Morgan fingerprint density at radius 1 is 1.41 bits per heavy atom. The van der Waals surface area contributed by atoms with E-state index in [2.05, 4.69) is 22.6 Å². The van der Waals surface area contributed by atoms with Crippen molar-refractivity contribution in [3.05, 3.63) is 39.7 Å². The molecule has 0 radical (unpaired) electrons. The second-order valence-electron chi connectivity index (χ2n) is 4.26. The van der Waals surface area contributed by atoms with Crippen LogP contribution in [-0.4, -0.2) is 11.5 Å². The summed E-state index contributed by atoms with van der Waals surface area (Å²) in [6, 6.07) is 4.28. The average molecular weight is 250 g/mol. The Balaban J connectivity index is 1.78. The summed E-state index contributed by atoms with van der Waals surface area (Å²) in [6.07, 6.45) is 0.975. The van der Waals surface area contributed by atoms with Gasteiger partial charge in [-0.05, 0) is 32.9 Å². The number of aryl methyl sites for hydroxylation is 2. The minimum atomic E-state index is 0.254. The van der Waals surface area contributed by atoms with E-state index in [4.69, 9.17) is 4.42 Å². The van der Waals surface area contributed by atoms with Gasteiger partial charge in [0.1, 0.15) is 11.5 Å². The molecule has 0 aromatic carbocycles. The maximum absolute atomic E-state index is 5.58. The van der Waals surface area contributed by atoms with Gasteiger partial charge in [0.2, 0.25) is 0 Å². The fraction of sp³-hybridized carbons (Fsp3) is 0.462. The van der Waals surface area contributed by atoms with Gasteiger partial charge in [-0.3, -0.25) is 0 Å². The third kappa shape index (κ3) is 3.41. The van der Waals surface area contributed by atoms with Crippen molar-refractivity contribution in [2.24, 2.45) is 0 Å². The number of aromatic nitrogens is 1. The van der Waals surface area contributed by atoms with Crippen molar-refractivity contribution in [2.45, 2.75) is 33.2 Å². The van der Waals surface area contributed by atoms with Crippen molar-refractivity contribution in [1.82, 2.24) is 10.3 Å². The van der Waals surface area contributed by atoms with Crippen LogP contribution in [0.15, 0.2) is 21.9 Å². The lowest BCUT2D eigenvalue weighted by atomic mass is 10.2. The molecule has 17 heavy (non-hydrogen) atoms. The van der Waals surface area contributed by atoms with Gasteiger partial charge in [0.25, 0.3) is 0 Å². The Morgan fingerprint density at radius 3 is 2.82 bits per heavy atom. The number of thiazole rings is 1. The molecular weight excluding hydrogens is 232 g/mol. The van der Waals surface area contributed by atoms with Crippen molar-refractivity contribution in [1.29, 1.82) is 0 Å². The minimum Gasteiger partial charge on any atom is -0.465 e. The Morgan fingerprint density at radius 2 is 2.24 bits per heavy atom. The normalized spacial score (nSPS) is 12.9. The molecule has 1 unspecified atom stereocenters. The second-order valence-corrected chi connectivity index (χ2v) is 5.20. The van der Waals surface area contributed by atoms with Crippen molar-refractivity contribution < 1.29 is 4.42 Å². The molecule has 2 aromatic rings. The van der Waals surface area contributed by atoms with Crippen molar-refractivity contribution in [2.75, 3.05) is 6.54 Å². The molecule has 1 N–H and O–H groups in total. The summed E-state index contributed by atoms with van der Waals surface area (Å²) in [5.41, 5.74) is 1.11. The molecule has 2 rings (SSSR count). The molecule has 0 fully saturated rings. The highest BCUT2D eigenvalue weighted by Gasteiger charge is 2.08. The zero-order valence-electron chi connectivity index (χ0n) is 10.5. The third-order valence-electron chi connectivity index (χ3n) is 2.64. The van der Waals surface area contributed by atoms with Crippen LogP contribution < -0.4 is 5.32 Å². The van der Waals surface area contributed by atoms with Crippen LogP contribution in [-0.2, 0) is 6.42 Å². The molecule has 0 saturated heterocycles. The van der Waals surface area contributed by atoms with Gasteiger partial charge in [0.15, 0.2) is 0 Å². The van der Waals surface area contributed by atoms with Crippen molar-refractivity contribution in [3.8, 4) is 0 Å². The molecular formula is C13H18N2OS. The molecule has 0 aliphatic heterocycles. The summed E-state index contributed by atoms with van der Waals surface area (Å²) >= 11 is 1.73. The van der Waals surface area contributed by atoms with Gasteiger partial charge in [0, 0.05) is 24.0 Å². The molecule has 92 valence electrons. The van der Waals surface area contributed by atoms with E-state index in [-0.39, 0.29) is 6.04 Å². The number of rotatable bonds is 5. The van der Waals surface area contributed by atoms with Gasteiger partial charge in [-0.2, -0.15) is 0 Å². The number of nitrogens with zero attached hydrogens (tertiary/aromatic N) is 1. The Labute approximate surface area is 106 Å². The predicted octanol–water partition coefficient (Wildman–Crippen LogP) is 3.25. The quantitative estimate of drug-likeness (QED) is 0.885. The van der Waals surface area contributed by atoms with E-state index in [0.717, 1.165) is 30.2 Å². The first-order valence-electron chi connectivity index (χ1n) is 5.86. The molecule has 0 bridgehead atoms. The van der Waals surface area contributed by atoms with Crippen molar-refractivity contribution >= 4 is 11.3 Å². The summed E-state index contributed by atoms with van der Waals surface area (Å²) in [5, 5.41) is 6.73. The monoisotopic (exact) mass is 250 g/mol. The number of furan rings is 1. The largest absolute Gasteiger partial charge is 0.465 e. The molecule has 0 aliphatic carbocycles. The fourth-order valence-electron chi connectivity index (χ4n) is 1.70. The highest BCUT2D eigenvalue weighted by atomic mass is 32.1. The van der Waals surface area contributed by atoms with Crippen LogP contribution in [0.3, 0.4) is 0 Å². The molecule has 2 aromatic heterocycles. The highest BCUT2D eigenvalue weighted by molar-refractivity contribution is 7.09. The SMILES string of the molecule is Cc1csc(CCNC(C)c2ccc(C)o2)n1. The lowest BCUT2D eigenvalue weighted by molar-refractivity contribution is 0.418. The highest BCUT2D eigenvalue weighted by Crippen LogP contribution is 2.15. The first-order chi connectivity index (χ1) is 8.15. The molecule has 2 heterocycles. The lowest BCUT2D eigenvalue weighted by Crippen LogP contribution is -2.20. The summed E-state index contributed by atoms with van der Waals surface area (Å²) in [7, 11) is 0. The number of nitrogens with one attached hydrogen (secondary N) is 1. The van der Waals surface area contributed by atoms with Crippen LogP contribution in [0.4, 0.5) is 0 Å². The molecule has 0 aliphatic rings. The summed E-state index contributed by atoms with van der Waals surface area (Å²) in [5.74, 6) is 1.96. The van der Waals surface area contributed by atoms with Crippen LogP contribution in [0.5, 0.6) is 0 Å². The molecule has 4 heteroatoms. The number of hydrogen-bond acceptors (Lipinski definition) is 4. The minimum absolute atomic E-state index is 0.254. The average Bonchev–Trinajstić information content (AvgIpc) is 2.88. The maximum Gasteiger partial charge on any atom is 0.120 e. The van der Waals surface area contributed by atoms with E-state index in [1.54, 1.807) is 11.3 Å². The van der Waals surface area contributed by atoms with E-state index in [1.165, 1.54) is 5.01 Å². The standard InChI is InChI=1S/C13H18N2OS/c1-9-8-17-13(15-9)6-7-14-11(3)12-5-4-10(2)16-12/h4-5,8,11,14H,6-7H2,1-3H3. The van der Waals surface area contributed by atoms with Crippen LogP contribution in [0.2, 0.25) is 0 Å². The third-order valence-corrected chi connectivity index (χ3v) is 3.67. The zero-order chi connectivity index (χ0) is 12.3. The first kappa shape index (κ1) is 12.3. The van der Waals surface area contributed by atoms with E-state index in [0.29, 0.717) is 0 Å². The molecule has 3 nitrogen and oxygen atoms in total. The van der Waals surface area contributed by atoms with Gasteiger partial charge in [-0.1, -0.05) is 0 Å². The Kier molecular flexibility index (Phi) is 3.97. The predicted molar refractivity (Wildman–Crippen MR) is 70.4 cm³/mol. The van der Waals surface area contributed by atoms with Gasteiger partial charge >= 0.3 is 0 Å². The van der Waals surface area contributed by atoms with E-state index in [9.17, 15) is 0 Å². The van der Waals surface area contributed by atoms with E-state index >= 15 is 0 Å². The molecule has 0 saturated carbocycles. The van der Waals surface area contributed by atoms with Crippen LogP contribution in [0.1, 0.15) is 35.2 Å². The molecule has 1 atom stereocenters. The van der Waals surface area contributed by atoms with E-state index in [1.807, 2.05) is 26.0 Å². The topological polar surface area (TPSA) is 38.1 Å². The summed E-state index contributed by atoms with van der Waals surface area (Å²) in [6.45, 7) is 7.04. The summed E-state index contributed by atoms with van der Waals surface area (Å²) < 4.78 is 5.58. The van der Waals surface area contributed by atoms with Crippen LogP contribution in [0, 0.1) is 13.8 Å². The van der Waals surface area contributed by atoms with Gasteiger partial charge < -0.3 is 9.73 Å². The number of hydrogen-bond donors (Lipinski definition) is 1. The van der Waals surface area contributed by atoms with Gasteiger partial charge in [-0.15, -0.1) is 11.3 Å². The summed E-state index contributed by atoms with van der Waals surface area (Å²) in [4.78, 5) is 4.44. The second kappa shape index (κ2) is 5.47. The Hall–Kier alpha value is -1.13. The van der Waals surface area contributed by atoms with Crippen molar-refractivity contribution in [3.63, 3.8) is 0 Å². The van der Waals surface area contributed by atoms with Gasteiger partial charge in [-0.25, -0.2) is 4.98 Å².